The number of hydrogen-bond donors (Lipinski definition) is 1. The zero-order chi connectivity index (χ0) is 11.6. The van der Waals surface area contributed by atoms with E-state index < -0.39 is 34.3 Å². The third kappa shape index (κ3) is 2.09. The number of nitro groups is 1. The van der Waals surface area contributed by atoms with Gasteiger partial charge in [-0.25, -0.2) is 8.78 Å². The van der Waals surface area contributed by atoms with Crippen LogP contribution in [-0.4, -0.2) is 17.0 Å². The zero-order valence-corrected chi connectivity index (χ0v) is 7.61. The van der Waals surface area contributed by atoms with Crippen molar-refractivity contribution in [3.8, 4) is 5.88 Å². The highest BCUT2D eigenvalue weighted by molar-refractivity contribution is 5.57. The van der Waals surface area contributed by atoms with Gasteiger partial charge in [-0.1, -0.05) is 0 Å². The monoisotopic (exact) mass is 219 g/mol. The van der Waals surface area contributed by atoms with Gasteiger partial charge in [-0.2, -0.15) is 0 Å². The van der Waals surface area contributed by atoms with Gasteiger partial charge >= 0.3 is 11.7 Å². The van der Waals surface area contributed by atoms with Crippen molar-refractivity contribution in [1.82, 2.24) is 4.98 Å². The molecular formula is C7H7F2N3O3. The van der Waals surface area contributed by atoms with E-state index in [4.69, 9.17) is 5.73 Å². The Morgan fingerprint density at radius 3 is 2.67 bits per heavy atom. The standard InChI is InChI=1S/C7H7F2N3O3/c1-15-7-3(5(8)9)2-4(10)6(11-7)12(13)14/h2,5H,10H2,1H3. The third-order valence-electron chi connectivity index (χ3n) is 1.62. The fraction of sp³-hybridized carbons (Fsp3) is 0.286. The van der Waals surface area contributed by atoms with E-state index in [-0.39, 0.29) is 0 Å². The first-order chi connectivity index (χ1) is 6.97. The molecular weight excluding hydrogens is 212 g/mol. The number of nitrogen functional groups attached to an aromatic ring is 1. The number of halogens is 2. The molecule has 1 aromatic rings. The molecule has 6 nitrogen and oxygen atoms in total. The maximum Gasteiger partial charge on any atom is 0.390 e. The molecule has 0 radical (unpaired) electrons. The predicted octanol–water partition coefficient (Wildman–Crippen LogP) is 1.52. The number of methoxy groups -OCH3 is 1. The largest absolute Gasteiger partial charge is 0.462 e. The first kappa shape index (κ1) is 11.1. The van der Waals surface area contributed by atoms with Crippen LogP contribution in [0.4, 0.5) is 20.3 Å². The molecule has 0 spiro atoms. The van der Waals surface area contributed by atoms with Crippen LogP contribution in [0.3, 0.4) is 0 Å². The van der Waals surface area contributed by atoms with Crippen molar-refractivity contribution >= 4 is 11.5 Å². The highest BCUT2D eigenvalue weighted by Crippen LogP contribution is 2.32. The van der Waals surface area contributed by atoms with Crippen molar-refractivity contribution in [2.45, 2.75) is 6.43 Å². The second-order valence-electron chi connectivity index (χ2n) is 2.56. The molecule has 0 saturated heterocycles. The fourth-order valence-electron chi connectivity index (χ4n) is 0.985. The van der Waals surface area contributed by atoms with E-state index in [0.29, 0.717) is 0 Å². The molecule has 0 unspecified atom stereocenters. The first-order valence-corrected chi connectivity index (χ1v) is 3.74. The Morgan fingerprint density at radius 2 is 2.27 bits per heavy atom. The van der Waals surface area contributed by atoms with Gasteiger partial charge < -0.3 is 20.6 Å². The van der Waals surface area contributed by atoms with Gasteiger partial charge in [0.2, 0.25) is 0 Å². The Bertz CT molecular complexity index is 397. The number of ether oxygens (including phenoxy) is 1. The molecule has 0 aliphatic heterocycles. The lowest BCUT2D eigenvalue weighted by Gasteiger charge is -2.04. The predicted molar refractivity (Wildman–Crippen MR) is 46.8 cm³/mol. The van der Waals surface area contributed by atoms with Crippen molar-refractivity contribution in [2.75, 3.05) is 12.8 Å². The lowest BCUT2D eigenvalue weighted by molar-refractivity contribution is -0.388. The molecule has 0 atom stereocenters. The molecule has 1 aromatic heterocycles. The van der Waals surface area contributed by atoms with E-state index in [1.54, 1.807) is 0 Å². The second kappa shape index (κ2) is 4.03. The smallest absolute Gasteiger partial charge is 0.390 e. The Balaban J connectivity index is 3.35. The summed E-state index contributed by atoms with van der Waals surface area (Å²) in [5, 5.41) is 10.4. The normalized spacial score (nSPS) is 10.4. The topological polar surface area (TPSA) is 91.3 Å². The average molecular weight is 219 g/mol. The second-order valence-corrected chi connectivity index (χ2v) is 2.56. The quantitative estimate of drug-likeness (QED) is 0.614. The van der Waals surface area contributed by atoms with Gasteiger partial charge in [0, 0.05) is 4.98 Å². The van der Waals surface area contributed by atoms with E-state index in [0.717, 1.165) is 13.2 Å². The molecule has 0 aliphatic rings. The molecule has 2 N–H and O–H groups in total. The Kier molecular flexibility index (Phi) is 2.98. The summed E-state index contributed by atoms with van der Waals surface area (Å²) in [6.45, 7) is 0. The van der Waals surface area contributed by atoms with Crippen LogP contribution in [0.15, 0.2) is 6.07 Å². The molecule has 15 heavy (non-hydrogen) atoms. The number of hydrogen-bond acceptors (Lipinski definition) is 5. The van der Waals surface area contributed by atoms with Crippen LogP contribution in [0.1, 0.15) is 12.0 Å². The molecule has 0 saturated carbocycles. The Morgan fingerprint density at radius 1 is 1.67 bits per heavy atom. The van der Waals surface area contributed by atoms with Crippen LogP contribution in [0.25, 0.3) is 0 Å². The number of rotatable bonds is 3. The minimum Gasteiger partial charge on any atom is -0.462 e. The molecule has 82 valence electrons. The number of nitrogens with zero attached hydrogens (tertiary/aromatic N) is 2. The summed E-state index contributed by atoms with van der Waals surface area (Å²) in [5.41, 5.74) is 4.20. The number of anilines is 1. The van der Waals surface area contributed by atoms with Crippen LogP contribution in [0.2, 0.25) is 0 Å². The van der Waals surface area contributed by atoms with Crippen molar-refractivity contribution < 1.29 is 18.4 Å². The van der Waals surface area contributed by atoms with Gasteiger partial charge in [-0.05, 0) is 11.0 Å². The number of nitrogens with two attached hydrogens (primary N) is 1. The van der Waals surface area contributed by atoms with Crippen molar-refractivity contribution in [3.63, 3.8) is 0 Å². The number of aromatic nitrogens is 1. The summed E-state index contributed by atoms with van der Waals surface area (Å²) in [4.78, 5) is 12.8. The van der Waals surface area contributed by atoms with Gasteiger partial charge in [0.1, 0.15) is 11.3 Å². The van der Waals surface area contributed by atoms with Crippen LogP contribution < -0.4 is 10.5 Å². The van der Waals surface area contributed by atoms with Crippen LogP contribution in [-0.2, 0) is 0 Å². The lowest BCUT2D eigenvalue weighted by atomic mass is 10.2. The summed E-state index contributed by atoms with van der Waals surface area (Å²) in [7, 11) is 1.09. The average Bonchev–Trinajstić information content (AvgIpc) is 2.16. The van der Waals surface area contributed by atoms with Crippen LogP contribution in [0.5, 0.6) is 5.88 Å². The lowest BCUT2D eigenvalue weighted by Crippen LogP contribution is -2.04. The summed E-state index contributed by atoms with van der Waals surface area (Å²) >= 11 is 0. The zero-order valence-electron chi connectivity index (χ0n) is 7.61. The highest BCUT2D eigenvalue weighted by Gasteiger charge is 2.25. The molecule has 1 heterocycles. The first-order valence-electron chi connectivity index (χ1n) is 3.74. The van der Waals surface area contributed by atoms with Gasteiger partial charge in [0.15, 0.2) is 0 Å². The van der Waals surface area contributed by atoms with Gasteiger partial charge in [0.25, 0.3) is 6.43 Å². The molecule has 0 fully saturated rings. The van der Waals surface area contributed by atoms with Gasteiger partial charge in [-0.3, -0.25) is 0 Å². The van der Waals surface area contributed by atoms with Crippen LogP contribution >= 0.6 is 0 Å². The van der Waals surface area contributed by atoms with Gasteiger partial charge in [-0.15, -0.1) is 0 Å². The SMILES string of the molecule is COc1nc([N+](=O)[O-])c(N)cc1C(F)F. The number of pyridine rings is 1. The minimum absolute atomic E-state index is 0.420. The molecule has 0 aliphatic carbocycles. The van der Waals surface area contributed by atoms with E-state index in [2.05, 4.69) is 9.72 Å². The molecule has 0 amide bonds. The van der Waals surface area contributed by atoms with E-state index >= 15 is 0 Å². The molecule has 8 heteroatoms. The Labute approximate surface area is 82.8 Å². The van der Waals surface area contributed by atoms with Crippen molar-refractivity contribution in [1.29, 1.82) is 0 Å². The van der Waals surface area contributed by atoms with Crippen molar-refractivity contribution in [3.05, 3.63) is 21.7 Å². The maximum atomic E-state index is 12.4. The minimum atomic E-state index is -2.85. The maximum absolute atomic E-state index is 12.4. The van der Waals surface area contributed by atoms with E-state index in [1.807, 2.05) is 0 Å². The summed E-state index contributed by atoms with van der Waals surface area (Å²) in [6.07, 6.45) is -2.85. The van der Waals surface area contributed by atoms with Crippen LogP contribution in [0, 0.1) is 10.1 Å². The number of alkyl halides is 2. The third-order valence-corrected chi connectivity index (χ3v) is 1.62. The van der Waals surface area contributed by atoms with Gasteiger partial charge in [0.05, 0.1) is 7.11 Å². The highest BCUT2D eigenvalue weighted by atomic mass is 19.3. The van der Waals surface area contributed by atoms with Crippen molar-refractivity contribution in [2.24, 2.45) is 0 Å². The fourth-order valence-corrected chi connectivity index (χ4v) is 0.985. The Hall–Kier alpha value is -1.99. The molecule has 1 rings (SSSR count). The summed E-state index contributed by atoms with van der Waals surface area (Å²) in [6, 6.07) is 0.786. The molecule has 0 bridgehead atoms. The van der Waals surface area contributed by atoms with E-state index in [9.17, 15) is 18.9 Å². The van der Waals surface area contributed by atoms with E-state index in [1.165, 1.54) is 0 Å². The summed E-state index contributed by atoms with van der Waals surface area (Å²) in [5.74, 6) is -1.19. The molecule has 0 aromatic carbocycles. The summed E-state index contributed by atoms with van der Waals surface area (Å²) < 4.78 is 29.3.